The van der Waals surface area contributed by atoms with E-state index >= 15 is 0 Å². The van der Waals surface area contributed by atoms with E-state index in [9.17, 15) is 28.0 Å². The fraction of sp³-hybridized carbons (Fsp3) is 0.458. The topological polar surface area (TPSA) is 159 Å². The number of nitrogens with zero attached hydrogens (tertiary/aromatic N) is 6. The summed E-state index contributed by atoms with van der Waals surface area (Å²) in [5, 5.41) is 11.8. The zero-order chi connectivity index (χ0) is 46.0. The largest absolute Gasteiger partial charge is 0.343 e. The number of likely N-dealkylation sites (tertiary alicyclic amines) is 2. The molecule has 0 saturated carbocycles. The molecule has 0 unspecified atom stereocenters. The Hall–Kier alpha value is -6.00. The van der Waals surface area contributed by atoms with Gasteiger partial charge in [0.1, 0.15) is 35.4 Å². The van der Waals surface area contributed by atoms with Gasteiger partial charge in [0.2, 0.25) is 23.6 Å². The van der Waals surface area contributed by atoms with Crippen molar-refractivity contribution in [2.45, 2.75) is 104 Å². The van der Waals surface area contributed by atoms with Gasteiger partial charge in [-0.3, -0.25) is 23.7 Å². The van der Waals surface area contributed by atoms with Crippen molar-refractivity contribution in [3.63, 3.8) is 0 Å². The van der Waals surface area contributed by atoms with E-state index in [4.69, 9.17) is 9.97 Å². The lowest BCUT2D eigenvalue weighted by molar-refractivity contribution is -0.139. The number of aromatic nitrogens is 4. The van der Waals surface area contributed by atoms with Gasteiger partial charge in [-0.25, -0.2) is 18.7 Å². The molecule has 340 valence electrons. The van der Waals surface area contributed by atoms with E-state index in [0.29, 0.717) is 70.9 Å². The number of carbonyl (C=O) groups is 4. The first-order chi connectivity index (χ1) is 30.6. The van der Waals surface area contributed by atoms with Crippen molar-refractivity contribution < 1.29 is 28.0 Å². The lowest BCUT2D eigenvalue weighted by Crippen LogP contribution is -2.55. The number of fused-ring (bicyclic) bond motifs is 2. The number of halogens is 2. The van der Waals surface area contributed by atoms with Gasteiger partial charge < -0.3 is 35.6 Å². The molecule has 5 atom stereocenters. The van der Waals surface area contributed by atoms with E-state index in [1.165, 1.54) is 24.3 Å². The zero-order valence-electron chi connectivity index (χ0n) is 37.9. The van der Waals surface area contributed by atoms with Gasteiger partial charge in [-0.15, -0.1) is 0 Å². The van der Waals surface area contributed by atoms with Crippen LogP contribution in [0.4, 0.5) is 8.78 Å². The molecule has 4 amide bonds. The molecule has 2 aromatic heterocycles. The van der Waals surface area contributed by atoms with Crippen molar-refractivity contribution in [1.82, 2.24) is 50.2 Å². The lowest BCUT2D eigenvalue weighted by Gasteiger charge is -2.32. The molecule has 2 aliphatic heterocycles. The summed E-state index contributed by atoms with van der Waals surface area (Å²) in [6.45, 7) is 12.5. The smallest absolute Gasteiger partial charge is 0.249 e. The summed E-state index contributed by atoms with van der Waals surface area (Å²) in [5.41, 5.74) is 4.35. The van der Waals surface area contributed by atoms with Crippen LogP contribution >= 0.6 is 0 Å². The summed E-state index contributed by atoms with van der Waals surface area (Å²) in [6.07, 6.45) is 4.71. The third-order valence-corrected chi connectivity index (χ3v) is 12.6. The van der Waals surface area contributed by atoms with Crippen LogP contribution in [0, 0.1) is 23.5 Å². The van der Waals surface area contributed by atoms with Gasteiger partial charge in [0.15, 0.2) is 0 Å². The molecular formula is C48H60F2N10O4. The highest BCUT2D eigenvalue weighted by Crippen LogP contribution is 2.34. The Morgan fingerprint density at radius 3 is 1.89 bits per heavy atom. The molecule has 0 bridgehead atoms. The highest BCUT2D eigenvalue weighted by atomic mass is 19.1. The number of benzene rings is 3. The first kappa shape index (κ1) is 46.0. The predicted octanol–water partition coefficient (Wildman–Crippen LogP) is 5.91. The molecule has 0 spiro atoms. The molecule has 5 aromatic rings. The lowest BCUT2D eigenvalue weighted by atomic mass is 10.0. The molecule has 16 heteroatoms. The number of hydrogen-bond donors (Lipinski definition) is 4. The first-order valence-electron chi connectivity index (χ1n) is 22.3. The van der Waals surface area contributed by atoms with Crippen molar-refractivity contribution in [3.05, 3.63) is 78.0 Å². The minimum absolute atomic E-state index is 0.145. The van der Waals surface area contributed by atoms with Crippen LogP contribution in [0.3, 0.4) is 0 Å². The number of hydrogen-bond acceptors (Lipinski definition) is 8. The molecule has 2 fully saturated rings. The van der Waals surface area contributed by atoms with E-state index in [1.54, 1.807) is 45.0 Å². The molecule has 2 saturated heterocycles. The van der Waals surface area contributed by atoms with E-state index in [2.05, 4.69) is 21.3 Å². The van der Waals surface area contributed by atoms with Gasteiger partial charge in [0.25, 0.3) is 0 Å². The van der Waals surface area contributed by atoms with Crippen LogP contribution in [0.2, 0.25) is 0 Å². The third-order valence-electron chi connectivity index (χ3n) is 12.6. The highest BCUT2D eigenvalue weighted by molar-refractivity contribution is 5.92. The minimum Gasteiger partial charge on any atom is -0.343 e. The van der Waals surface area contributed by atoms with Gasteiger partial charge >= 0.3 is 0 Å². The summed E-state index contributed by atoms with van der Waals surface area (Å²) in [5.74, 6) is -0.998. The van der Waals surface area contributed by atoms with Crippen LogP contribution < -0.4 is 21.3 Å². The Balaban J connectivity index is 1.26. The highest BCUT2D eigenvalue weighted by Gasteiger charge is 2.37. The van der Waals surface area contributed by atoms with Crippen LogP contribution in [0.5, 0.6) is 0 Å². The van der Waals surface area contributed by atoms with E-state index in [1.807, 2.05) is 72.2 Å². The fourth-order valence-corrected chi connectivity index (χ4v) is 8.66. The number of amides is 4. The molecule has 0 radical (unpaired) electrons. The summed E-state index contributed by atoms with van der Waals surface area (Å²) < 4.78 is 33.4. The van der Waals surface area contributed by atoms with Gasteiger partial charge in [0.05, 0.1) is 34.2 Å². The van der Waals surface area contributed by atoms with Crippen LogP contribution in [0.25, 0.3) is 51.0 Å². The maximum atomic E-state index is 14.8. The monoisotopic (exact) mass is 878 g/mol. The summed E-state index contributed by atoms with van der Waals surface area (Å²) in [7, 11) is 3.39. The fourth-order valence-electron chi connectivity index (χ4n) is 8.66. The van der Waals surface area contributed by atoms with Crippen molar-refractivity contribution in [2.24, 2.45) is 11.8 Å². The van der Waals surface area contributed by atoms with Gasteiger partial charge in [-0.2, -0.15) is 0 Å². The van der Waals surface area contributed by atoms with Crippen molar-refractivity contribution in [3.8, 4) is 22.8 Å². The van der Waals surface area contributed by atoms with Crippen molar-refractivity contribution in [1.29, 1.82) is 0 Å². The third kappa shape index (κ3) is 9.43. The molecular weight excluding hydrogens is 819 g/mol. The van der Waals surface area contributed by atoms with E-state index in [0.717, 1.165) is 25.0 Å². The Bertz CT molecular complexity index is 2580. The first-order valence-corrected chi connectivity index (χ1v) is 22.3. The van der Waals surface area contributed by atoms with E-state index < -0.39 is 35.8 Å². The summed E-state index contributed by atoms with van der Waals surface area (Å²) in [6, 6.07) is 13.9. The Morgan fingerprint density at radius 1 is 0.719 bits per heavy atom. The Labute approximate surface area is 372 Å². The number of rotatable bonds is 15. The standard InChI is InChI=1S/C48H60F2N10O4/c1-27(2)41(55-45(61)29(5)51-7)47(63)57-20-10-14-35(57)25-59-39-18-16-33(49)23-37(39)53-43(59)31-12-9-13-32(22-31)44-54-38-24-34(50)17-19-40(38)60(44)26-36-15-11-21-58(36)48(64)42(28(3)4)56-46(62)30(6)52-8/h9,12-13,16-19,22-25,27-30,36,41-42,51-52H,10-11,14-15,20-21,26H2,1-8H3,(H,55,61)(H,56,62)/b35-25+/t29-,30-,36+,41-,42-/m1/s1. The van der Waals surface area contributed by atoms with E-state index in [-0.39, 0.29) is 41.5 Å². The quantitative estimate of drug-likeness (QED) is 0.101. The molecule has 3 aromatic carbocycles. The number of carbonyl (C=O) groups excluding carboxylic acids is 4. The second kappa shape index (κ2) is 19.4. The number of nitrogens with one attached hydrogen (secondary N) is 4. The normalized spacial score (nSPS) is 18.1. The minimum atomic E-state index is -0.749. The second-order valence-electron chi connectivity index (χ2n) is 17.7. The van der Waals surface area contributed by atoms with Crippen LogP contribution in [0.1, 0.15) is 67.2 Å². The SMILES string of the molecule is CN[C@H](C)C(=O)N[C@@H](C(=O)N1CCC/C1=C\n1c(-c2cccc(-c3nc4cc(F)ccc4n3C[C@@H]3CCCN3C(=O)[C@H](NC(=O)[C@@H](C)NC)C(C)C)c2)nc2cc(F)ccc21)C(C)C. The summed E-state index contributed by atoms with van der Waals surface area (Å²) >= 11 is 0. The molecule has 0 aliphatic carbocycles. The second-order valence-corrected chi connectivity index (χ2v) is 17.7. The van der Waals surface area contributed by atoms with Crippen LogP contribution in [-0.2, 0) is 25.7 Å². The van der Waals surface area contributed by atoms with Gasteiger partial charge in [0, 0.05) is 60.8 Å². The number of allylic oxidation sites excluding steroid dienone is 1. The van der Waals surface area contributed by atoms with Crippen molar-refractivity contribution in [2.75, 3.05) is 27.2 Å². The molecule has 7 rings (SSSR count). The Morgan fingerprint density at radius 2 is 1.28 bits per heavy atom. The molecule has 64 heavy (non-hydrogen) atoms. The molecule has 4 N–H and O–H groups in total. The predicted molar refractivity (Wildman–Crippen MR) is 244 cm³/mol. The maximum absolute atomic E-state index is 14.8. The van der Waals surface area contributed by atoms with Gasteiger partial charge in [-0.05, 0) is 95.8 Å². The molecule has 14 nitrogen and oxygen atoms in total. The van der Waals surface area contributed by atoms with Crippen LogP contribution in [-0.4, -0.2) is 110 Å². The number of imidazole rings is 2. The van der Waals surface area contributed by atoms with Crippen molar-refractivity contribution >= 4 is 51.9 Å². The molecule has 4 heterocycles. The average molecular weight is 879 g/mol. The number of likely N-dealkylation sites (N-methyl/N-ethyl adjacent to an activating group) is 2. The maximum Gasteiger partial charge on any atom is 0.249 e. The average Bonchev–Trinajstić information content (AvgIpc) is 4.09. The summed E-state index contributed by atoms with van der Waals surface area (Å²) in [4.78, 5) is 67.7. The zero-order valence-corrected chi connectivity index (χ0v) is 37.9. The van der Waals surface area contributed by atoms with Crippen LogP contribution in [0.15, 0.2) is 66.4 Å². The molecule has 2 aliphatic rings. The van der Waals surface area contributed by atoms with Gasteiger partial charge in [-0.1, -0.05) is 45.9 Å². The Kier molecular flexibility index (Phi) is 13.9.